The Hall–Kier alpha value is -2.62. The van der Waals surface area contributed by atoms with Gasteiger partial charge in [0.1, 0.15) is 0 Å². The lowest BCUT2D eigenvalue weighted by Crippen LogP contribution is -2.00. The molecule has 0 saturated heterocycles. The number of carboxylic acid groups (broad SMARTS) is 2. The number of hydrogen-bond donors (Lipinski definition) is 2. The van der Waals surface area contributed by atoms with Crippen molar-refractivity contribution in [1.82, 2.24) is 0 Å². The Morgan fingerprint density at radius 2 is 1.72 bits per heavy atom. The molecule has 0 aliphatic rings. The van der Waals surface area contributed by atoms with Crippen molar-refractivity contribution < 1.29 is 19.8 Å². The SMILES string of the molecule is C=Cc1cc2cc(C(=O)O)ccc2cc1C(=O)O. The van der Waals surface area contributed by atoms with Crippen LogP contribution in [0, 0.1) is 0 Å². The van der Waals surface area contributed by atoms with Crippen molar-refractivity contribution in [1.29, 1.82) is 0 Å². The predicted octanol–water partition coefficient (Wildman–Crippen LogP) is 2.88. The summed E-state index contributed by atoms with van der Waals surface area (Å²) in [6, 6.07) is 7.69. The standard InChI is InChI=1S/C14H10O4/c1-2-8-5-11-6-10(13(15)16)4-3-9(11)7-12(8)14(17)18/h2-7H,1H2,(H,15,16)(H,17,18). The zero-order valence-electron chi connectivity index (χ0n) is 9.38. The third-order valence-corrected chi connectivity index (χ3v) is 2.71. The summed E-state index contributed by atoms with van der Waals surface area (Å²) < 4.78 is 0. The lowest BCUT2D eigenvalue weighted by atomic mass is 9.99. The third kappa shape index (κ3) is 1.96. The molecule has 0 spiro atoms. The molecular weight excluding hydrogens is 232 g/mol. The van der Waals surface area contributed by atoms with E-state index in [0.29, 0.717) is 16.3 Å². The van der Waals surface area contributed by atoms with Crippen molar-refractivity contribution >= 4 is 28.8 Å². The van der Waals surface area contributed by atoms with Crippen molar-refractivity contribution in [2.45, 2.75) is 0 Å². The summed E-state index contributed by atoms with van der Waals surface area (Å²) in [7, 11) is 0. The van der Waals surface area contributed by atoms with E-state index in [-0.39, 0.29) is 11.1 Å². The van der Waals surface area contributed by atoms with Crippen LogP contribution in [0.5, 0.6) is 0 Å². The minimum atomic E-state index is -1.03. The Labute approximate surface area is 103 Å². The third-order valence-electron chi connectivity index (χ3n) is 2.71. The molecule has 0 amide bonds. The first-order valence-corrected chi connectivity index (χ1v) is 5.20. The average Bonchev–Trinajstić information content (AvgIpc) is 2.36. The van der Waals surface area contributed by atoms with Gasteiger partial charge in [-0.15, -0.1) is 0 Å². The molecule has 0 fully saturated rings. The zero-order chi connectivity index (χ0) is 13.3. The number of carbonyl (C=O) groups is 2. The molecule has 4 heteroatoms. The molecule has 2 N–H and O–H groups in total. The average molecular weight is 242 g/mol. The second-order valence-electron chi connectivity index (χ2n) is 3.82. The van der Waals surface area contributed by atoms with E-state index in [1.54, 1.807) is 12.1 Å². The minimum Gasteiger partial charge on any atom is -0.478 e. The van der Waals surface area contributed by atoms with Gasteiger partial charge in [0.15, 0.2) is 0 Å². The summed E-state index contributed by atoms with van der Waals surface area (Å²) >= 11 is 0. The number of carboxylic acids is 2. The molecule has 2 rings (SSSR count). The lowest BCUT2D eigenvalue weighted by Gasteiger charge is -2.05. The quantitative estimate of drug-likeness (QED) is 0.867. The maximum atomic E-state index is 11.1. The van der Waals surface area contributed by atoms with Gasteiger partial charge in [0.05, 0.1) is 11.1 Å². The van der Waals surface area contributed by atoms with Gasteiger partial charge in [-0.25, -0.2) is 9.59 Å². The Morgan fingerprint density at radius 1 is 1.00 bits per heavy atom. The molecular formula is C14H10O4. The predicted molar refractivity (Wildman–Crippen MR) is 68.0 cm³/mol. The van der Waals surface area contributed by atoms with E-state index >= 15 is 0 Å². The summed E-state index contributed by atoms with van der Waals surface area (Å²) in [5.74, 6) is -2.05. The van der Waals surface area contributed by atoms with E-state index in [1.807, 2.05) is 0 Å². The monoisotopic (exact) mass is 242 g/mol. The first kappa shape index (κ1) is 11.9. The highest BCUT2D eigenvalue weighted by atomic mass is 16.4. The molecule has 0 bridgehead atoms. The van der Waals surface area contributed by atoms with Crippen LogP contribution in [0.15, 0.2) is 36.9 Å². The van der Waals surface area contributed by atoms with Crippen LogP contribution >= 0.6 is 0 Å². The highest BCUT2D eigenvalue weighted by Gasteiger charge is 2.11. The smallest absolute Gasteiger partial charge is 0.336 e. The van der Waals surface area contributed by atoms with E-state index in [0.717, 1.165) is 0 Å². The Morgan fingerprint density at radius 3 is 2.28 bits per heavy atom. The van der Waals surface area contributed by atoms with Crippen LogP contribution < -0.4 is 0 Å². The first-order chi connectivity index (χ1) is 8.52. The summed E-state index contributed by atoms with van der Waals surface area (Å²) in [6.07, 6.45) is 1.44. The number of rotatable bonds is 3. The minimum absolute atomic E-state index is 0.153. The summed E-state index contributed by atoms with van der Waals surface area (Å²) in [5, 5.41) is 19.3. The molecule has 2 aromatic carbocycles. The van der Waals surface area contributed by atoms with Gasteiger partial charge < -0.3 is 10.2 Å². The fourth-order valence-electron chi connectivity index (χ4n) is 1.80. The van der Waals surface area contributed by atoms with E-state index in [2.05, 4.69) is 6.58 Å². The van der Waals surface area contributed by atoms with Gasteiger partial charge in [0.25, 0.3) is 0 Å². The van der Waals surface area contributed by atoms with Crippen molar-refractivity contribution in [2.24, 2.45) is 0 Å². The Kier molecular flexibility index (Phi) is 2.85. The molecule has 90 valence electrons. The second-order valence-corrected chi connectivity index (χ2v) is 3.82. The van der Waals surface area contributed by atoms with Gasteiger partial charge in [-0.1, -0.05) is 18.7 Å². The van der Waals surface area contributed by atoms with E-state index in [4.69, 9.17) is 10.2 Å². The molecule has 0 aromatic heterocycles. The highest BCUT2D eigenvalue weighted by Crippen LogP contribution is 2.22. The maximum absolute atomic E-state index is 11.1. The van der Waals surface area contributed by atoms with Crippen molar-refractivity contribution in [2.75, 3.05) is 0 Å². The van der Waals surface area contributed by atoms with Gasteiger partial charge in [0, 0.05) is 0 Å². The molecule has 0 radical (unpaired) electrons. The van der Waals surface area contributed by atoms with Crippen LogP contribution in [0.3, 0.4) is 0 Å². The Balaban J connectivity index is 2.74. The topological polar surface area (TPSA) is 74.6 Å². The van der Waals surface area contributed by atoms with Gasteiger partial charge >= 0.3 is 11.9 Å². The maximum Gasteiger partial charge on any atom is 0.336 e. The molecule has 4 nitrogen and oxygen atoms in total. The van der Waals surface area contributed by atoms with Crippen molar-refractivity contribution in [3.05, 3.63) is 53.6 Å². The number of fused-ring (bicyclic) bond motifs is 1. The molecule has 0 atom stereocenters. The van der Waals surface area contributed by atoms with Crippen LogP contribution in [0.1, 0.15) is 26.3 Å². The Bertz CT molecular complexity index is 671. The van der Waals surface area contributed by atoms with Crippen LogP contribution in [0.25, 0.3) is 16.8 Å². The van der Waals surface area contributed by atoms with Gasteiger partial charge in [-0.2, -0.15) is 0 Å². The largest absolute Gasteiger partial charge is 0.478 e. The summed E-state index contributed by atoms with van der Waals surface area (Å²) in [4.78, 5) is 21.9. The van der Waals surface area contributed by atoms with Crippen LogP contribution in [-0.2, 0) is 0 Å². The van der Waals surface area contributed by atoms with Crippen molar-refractivity contribution in [3.8, 4) is 0 Å². The van der Waals surface area contributed by atoms with Gasteiger partial charge in [-0.05, 0) is 40.6 Å². The summed E-state index contributed by atoms with van der Waals surface area (Å²) in [5.41, 5.74) is 0.790. The van der Waals surface area contributed by atoms with Crippen LogP contribution in [0.4, 0.5) is 0 Å². The molecule has 0 unspecified atom stereocenters. The van der Waals surface area contributed by atoms with Gasteiger partial charge in [-0.3, -0.25) is 0 Å². The van der Waals surface area contributed by atoms with E-state index in [9.17, 15) is 9.59 Å². The molecule has 0 heterocycles. The van der Waals surface area contributed by atoms with Crippen molar-refractivity contribution in [3.63, 3.8) is 0 Å². The highest BCUT2D eigenvalue weighted by molar-refractivity contribution is 6.00. The zero-order valence-corrected chi connectivity index (χ0v) is 9.38. The molecule has 0 aliphatic carbocycles. The number of hydrogen-bond acceptors (Lipinski definition) is 2. The summed E-state index contributed by atoms with van der Waals surface area (Å²) in [6.45, 7) is 3.56. The molecule has 2 aromatic rings. The molecule has 0 saturated carbocycles. The fourth-order valence-corrected chi connectivity index (χ4v) is 1.80. The van der Waals surface area contributed by atoms with Gasteiger partial charge in [0.2, 0.25) is 0 Å². The second kappa shape index (κ2) is 4.33. The number of benzene rings is 2. The normalized spacial score (nSPS) is 10.2. The lowest BCUT2D eigenvalue weighted by molar-refractivity contribution is 0.0685. The van der Waals surface area contributed by atoms with Crippen LogP contribution in [0.2, 0.25) is 0 Å². The van der Waals surface area contributed by atoms with Crippen LogP contribution in [-0.4, -0.2) is 22.2 Å². The van der Waals surface area contributed by atoms with E-state index < -0.39 is 11.9 Å². The molecule has 0 aliphatic heterocycles. The first-order valence-electron chi connectivity index (χ1n) is 5.20. The number of aromatic carboxylic acids is 2. The fraction of sp³-hybridized carbons (Fsp3) is 0. The van der Waals surface area contributed by atoms with E-state index in [1.165, 1.54) is 24.3 Å². The molecule has 18 heavy (non-hydrogen) atoms.